The van der Waals surface area contributed by atoms with Gasteiger partial charge in [-0.1, -0.05) is 43.1 Å². The number of aromatic nitrogens is 1. The van der Waals surface area contributed by atoms with Gasteiger partial charge >= 0.3 is 0 Å². The molecule has 1 aromatic carbocycles. The first-order valence-corrected chi connectivity index (χ1v) is 7.31. The van der Waals surface area contributed by atoms with Crippen LogP contribution in [-0.2, 0) is 6.54 Å². The summed E-state index contributed by atoms with van der Waals surface area (Å²) in [6.45, 7) is 3.08. The predicted octanol–water partition coefficient (Wildman–Crippen LogP) is 4.56. The maximum atomic E-state index is 12.3. The average Bonchev–Trinajstić information content (AvgIpc) is 2.48. The van der Waals surface area contributed by atoms with Crippen LogP contribution in [0.4, 0.5) is 0 Å². The molecule has 102 valence electrons. The first-order valence-electron chi connectivity index (χ1n) is 6.93. The number of rotatable bonds is 3. The second kappa shape index (κ2) is 5.29. The summed E-state index contributed by atoms with van der Waals surface area (Å²) in [6.07, 6.45) is 2.21. The quantitative estimate of drug-likeness (QED) is 0.647. The Kier molecular flexibility index (Phi) is 3.49. The summed E-state index contributed by atoms with van der Waals surface area (Å²) >= 11 is 5.97. The highest BCUT2D eigenvalue weighted by Gasteiger charge is 2.14. The molecule has 1 heterocycles. The van der Waals surface area contributed by atoms with Gasteiger partial charge in [0, 0.05) is 17.6 Å². The van der Waals surface area contributed by atoms with Crippen molar-refractivity contribution in [1.82, 2.24) is 4.57 Å². The molecule has 3 rings (SSSR count). The Labute approximate surface area is 123 Å². The summed E-state index contributed by atoms with van der Waals surface area (Å²) in [5.41, 5.74) is 2.74. The van der Waals surface area contributed by atoms with Crippen LogP contribution in [0.5, 0.6) is 0 Å². The molecule has 0 saturated carbocycles. The van der Waals surface area contributed by atoms with Crippen LogP contribution in [0, 0.1) is 0 Å². The predicted molar refractivity (Wildman–Crippen MR) is 84.7 cm³/mol. The highest BCUT2D eigenvalue weighted by molar-refractivity contribution is 6.30. The fraction of sp³-hybridized carbons (Fsp3) is 0.235. The van der Waals surface area contributed by atoms with Gasteiger partial charge in [-0.05, 0) is 36.1 Å². The lowest BCUT2D eigenvalue weighted by atomic mass is 10.0. The second-order valence-corrected chi connectivity index (χ2v) is 5.42. The first kappa shape index (κ1) is 13.2. The van der Waals surface area contributed by atoms with E-state index < -0.39 is 0 Å². The maximum absolute atomic E-state index is 12.3. The minimum atomic E-state index is -0.0832. The molecule has 0 N–H and O–H groups in total. The molecular formula is C17H16ClNO. The number of unbranched alkanes of at least 4 members (excludes halogenated alkanes) is 1. The molecule has 2 aliphatic rings. The van der Waals surface area contributed by atoms with Crippen molar-refractivity contribution in [3.63, 3.8) is 0 Å². The van der Waals surface area contributed by atoms with Gasteiger partial charge in [0.1, 0.15) is 0 Å². The number of hydrogen-bond acceptors (Lipinski definition) is 1. The van der Waals surface area contributed by atoms with Gasteiger partial charge in [-0.2, -0.15) is 0 Å². The van der Waals surface area contributed by atoms with E-state index >= 15 is 0 Å². The molecule has 0 fully saturated rings. The Morgan fingerprint density at radius 2 is 1.95 bits per heavy atom. The van der Waals surface area contributed by atoms with Gasteiger partial charge in [0.05, 0.1) is 10.7 Å². The van der Waals surface area contributed by atoms with Crippen molar-refractivity contribution in [2.75, 3.05) is 0 Å². The van der Waals surface area contributed by atoms with E-state index in [9.17, 15) is 4.79 Å². The van der Waals surface area contributed by atoms with E-state index in [1.165, 1.54) is 0 Å². The van der Waals surface area contributed by atoms with Gasteiger partial charge in [0.25, 0.3) is 0 Å². The van der Waals surface area contributed by atoms with Gasteiger partial charge in [0.15, 0.2) is 0 Å². The van der Waals surface area contributed by atoms with Crippen molar-refractivity contribution < 1.29 is 0 Å². The molecule has 0 spiro atoms. The summed E-state index contributed by atoms with van der Waals surface area (Å²) in [5, 5.41) is 1.37. The summed E-state index contributed by atoms with van der Waals surface area (Å²) in [6, 6.07) is 13.8. The third-order valence-electron chi connectivity index (χ3n) is 3.68. The lowest BCUT2D eigenvalue weighted by Crippen LogP contribution is -2.13. The van der Waals surface area contributed by atoms with Crippen LogP contribution in [0.25, 0.3) is 22.2 Å². The van der Waals surface area contributed by atoms with Crippen LogP contribution >= 0.6 is 11.6 Å². The largest absolute Gasteiger partial charge is 0.340 e. The van der Waals surface area contributed by atoms with Gasteiger partial charge in [0.2, 0.25) is 5.43 Å². The van der Waals surface area contributed by atoms with Gasteiger partial charge < -0.3 is 4.57 Å². The molecule has 0 unspecified atom stereocenters. The van der Waals surface area contributed by atoms with E-state index in [4.69, 9.17) is 11.6 Å². The summed E-state index contributed by atoms with van der Waals surface area (Å²) in [5.74, 6) is 0. The molecule has 3 heteroatoms. The molecule has 0 saturated heterocycles. The fourth-order valence-corrected chi connectivity index (χ4v) is 2.80. The number of hydrogen-bond donors (Lipinski definition) is 0. The van der Waals surface area contributed by atoms with Crippen molar-refractivity contribution in [3.05, 3.63) is 57.7 Å². The van der Waals surface area contributed by atoms with E-state index in [0.717, 1.165) is 36.0 Å². The van der Waals surface area contributed by atoms with Crippen LogP contribution in [0.3, 0.4) is 0 Å². The van der Waals surface area contributed by atoms with Crippen molar-refractivity contribution in [2.24, 2.45) is 0 Å². The number of fused-ring (bicyclic) bond motifs is 2. The first-order chi connectivity index (χ1) is 9.72. The number of benzene rings is 2. The molecule has 0 radical (unpaired) electrons. The minimum Gasteiger partial charge on any atom is -0.340 e. The summed E-state index contributed by atoms with van der Waals surface area (Å²) in [7, 11) is 0. The zero-order chi connectivity index (χ0) is 14.1. The molecule has 0 bridgehead atoms. The van der Waals surface area contributed by atoms with Gasteiger partial charge in [-0.3, -0.25) is 4.79 Å². The fourth-order valence-electron chi connectivity index (χ4n) is 2.64. The topological polar surface area (TPSA) is 22.0 Å². The van der Waals surface area contributed by atoms with Crippen LogP contribution in [0.15, 0.2) is 47.3 Å². The molecule has 1 aliphatic carbocycles. The average molecular weight is 286 g/mol. The number of para-hydroxylation sites is 1. The Morgan fingerprint density at radius 3 is 2.75 bits per heavy atom. The van der Waals surface area contributed by atoms with E-state index in [1.54, 1.807) is 6.07 Å². The Hall–Kier alpha value is -1.80. The maximum Gasteiger partial charge on any atom is 0.206 e. The third kappa shape index (κ3) is 2.10. The van der Waals surface area contributed by atoms with E-state index in [1.807, 2.05) is 30.3 Å². The summed E-state index contributed by atoms with van der Waals surface area (Å²) in [4.78, 5) is 12.3. The lowest BCUT2D eigenvalue weighted by molar-refractivity contribution is 0.651. The molecule has 2 nitrogen and oxygen atoms in total. The highest BCUT2D eigenvalue weighted by Crippen LogP contribution is 2.27. The Balaban J connectivity index is 2.40. The van der Waals surface area contributed by atoms with Crippen LogP contribution in [0.2, 0.25) is 5.02 Å². The number of aryl methyl sites for hydroxylation is 1. The van der Waals surface area contributed by atoms with E-state index in [0.29, 0.717) is 5.56 Å². The van der Waals surface area contributed by atoms with Crippen LogP contribution < -0.4 is 5.43 Å². The van der Waals surface area contributed by atoms with Gasteiger partial charge in [-0.25, -0.2) is 0 Å². The summed E-state index contributed by atoms with van der Waals surface area (Å²) < 4.78 is 2.23. The Bertz CT molecular complexity index is 791. The standard InChI is InChI=1S/C17H16ClNO/c1-2-3-10-19-15-7-5-4-6-12(15)11-13-16(19)9-8-14(18)17(13)20/h4-9,11H,2-3,10H2,1H3. The molecule has 0 atom stereocenters. The highest BCUT2D eigenvalue weighted by atomic mass is 35.5. The number of halogens is 1. The molecule has 1 aliphatic heterocycles. The molecule has 1 aromatic rings. The molecular weight excluding hydrogens is 270 g/mol. The van der Waals surface area contributed by atoms with E-state index in [-0.39, 0.29) is 10.5 Å². The zero-order valence-electron chi connectivity index (χ0n) is 11.4. The molecule has 0 amide bonds. The normalized spacial score (nSPS) is 11.3. The monoisotopic (exact) mass is 285 g/mol. The van der Waals surface area contributed by atoms with Crippen LogP contribution in [-0.4, -0.2) is 4.57 Å². The Morgan fingerprint density at radius 1 is 1.15 bits per heavy atom. The van der Waals surface area contributed by atoms with Crippen molar-refractivity contribution in [2.45, 2.75) is 26.3 Å². The number of pyridine rings is 1. The third-order valence-corrected chi connectivity index (χ3v) is 3.98. The number of nitrogens with zero attached hydrogens (tertiary/aromatic N) is 1. The molecule has 0 aromatic heterocycles. The second-order valence-electron chi connectivity index (χ2n) is 5.02. The van der Waals surface area contributed by atoms with Crippen molar-refractivity contribution in [1.29, 1.82) is 0 Å². The van der Waals surface area contributed by atoms with Gasteiger partial charge in [-0.15, -0.1) is 0 Å². The smallest absolute Gasteiger partial charge is 0.206 e. The SMILES string of the molecule is CCCCn1c2ccc(Cl)c(=O)c-2cc2ccccc21. The zero-order valence-corrected chi connectivity index (χ0v) is 12.2. The van der Waals surface area contributed by atoms with Crippen molar-refractivity contribution in [3.8, 4) is 11.3 Å². The van der Waals surface area contributed by atoms with E-state index in [2.05, 4.69) is 17.6 Å². The lowest BCUT2D eigenvalue weighted by Gasteiger charge is -2.19. The minimum absolute atomic E-state index is 0.0832. The van der Waals surface area contributed by atoms with Crippen LogP contribution in [0.1, 0.15) is 19.8 Å². The molecule has 20 heavy (non-hydrogen) atoms. The van der Waals surface area contributed by atoms with Crippen molar-refractivity contribution >= 4 is 22.5 Å².